The van der Waals surface area contributed by atoms with Crippen LogP contribution >= 0.6 is 0 Å². The van der Waals surface area contributed by atoms with Gasteiger partial charge in [-0.15, -0.1) is 4.91 Å². The molecule has 0 unspecified atom stereocenters. The number of rotatable bonds is 32. The van der Waals surface area contributed by atoms with Crippen LogP contribution in [0.1, 0.15) is 142 Å². The highest BCUT2D eigenvalue weighted by Gasteiger charge is 2.39. The topological polar surface area (TPSA) is 182 Å². The van der Waals surface area contributed by atoms with Gasteiger partial charge in [0.25, 0.3) is 11.8 Å². The van der Waals surface area contributed by atoms with Gasteiger partial charge in [0.05, 0.1) is 6.54 Å². The molecule has 45 heavy (non-hydrogen) atoms. The SMILES string of the molecule is CCCNC(=O)[C@H](OC(=O)CCCCCCCCCCN=O)[C@@H](OC(=O)CCCCCCCCCCNN=O)C(=O)NCCC. The number of ether oxygens (including phenoxy) is 2. The normalized spacial score (nSPS) is 12.0. The fraction of sp³-hybridized carbons (Fsp3) is 0.875. The number of hydrogen-bond acceptors (Lipinski definition) is 10. The van der Waals surface area contributed by atoms with E-state index < -0.39 is 36.0 Å². The fourth-order valence-electron chi connectivity index (χ4n) is 4.69. The lowest BCUT2D eigenvalue weighted by atomic mass is 10.1. The van der Waals surface area contributed by atoms with Crippen molar-refractivity contribution in [2.45, 2.75) is 154 Å². The molecule has 3 N–H and O–H groups in total. The van der Waals surface area contributed by atoms with Gasteiger partial charge in [-0.25, -0.2) is 0 Å². The quantitative estimate of drug-likeness (QED) is 0.0347. The molecule has 0 saturated carbocycles. The number of amides is 2. The maximum atomic E-state index is 13.0. The van der Waals surface area contributed by atoms with Crippen LogP contribution < -0.4 is 16.1 Å². The van der Waals surface area contributed by atoms with Crippen molar-refractivity contribution in [1.82, 2.24) is 16.1 Å². The first-order chi connectivity index (χ1) is 21.9. The summed E-state index contributed by atoms with van der Waals surface area (Å²) in [7, 11) is 0. The molecule has 260 valence electrons. The summed E-state index contributed by atoms with van der Waals surface area (Å²) in [6, 6.07) is 0. The molecule has 0 fully saturated rings. The van der Waals surface area contributed by atoms with Crippen molar-refractivity contribution in [3.63, 3.8) is 0 Å². The van der Waals surface area contributed by atoms with E-state index in [1.807, 2.05) is 13.8 Å². The lowest BCUT2D eigenvalue weighted by molar-refractivity contribution is -0.176. The van der Waals surface area contributed by atoms with Gasteiger partial charge in [-0.2, -0.15) is 4.91 Å². The van der Waals surface area contributed by atoms with Crippen molar-refractivity contribution < 1.29 is 28.7 Å². The maximum absolute atomic E-state index is 13.0. The van der Waals surface area contributed by atoms with Crippen LogP contribution in [0.3, 0.4) is 0 Å². The van der Waals surface area contributed by atoms with E-state index in [0.717, 1.165) is 89.9 Å². The standard InChI is InChI=1S/C32H59N5O8/c1-3-23-33-31(40)29(44-27(38)21-17-13-9-5-7-11-15-19-25-35-37-43)30(32(41)34-24-4-2)45-28(39)22-18-14-10-6-8-12-16-20-26-36-42/h29-30H,3-26H2,1-2H3,(H,33,40)(H,34,41)(H,35,43)/t29-,30-/m1/s1. The molecule has 0 aliphatic heterocycles. The van der Waals surface area contributed by atoms with E-state index >= 15 is 0 Å². The Morgan fingerprint density at radius 3 is 1.29 bits per heavy atom. The van der Waals surface area contributed by atoms with Crippen molar-refractivity contribution in [2.24, 2.45) is 10.5 Å². The second-order valence-electron chi connectivity index (χ2n) is 11.4. The average molecular weight is 642 g/mol. The number of hydrogen-bond donors (Lipinski definition) is 3. The fourth-order valence-corrected chi connectivity index (χ4v) is 4.69. The molecule has 0 aromatic carbocycles. The third-order valence-corrected chi connectivity index (χ3v) is 7.27. The molecular formula is C32H59N5O8. The molecular weight excluding hydrogens is 582 g/mol. The van der Waals surface area contributed by atoms with Crippen LogP contribution in [0.2, 0.25) is 0 Å². The summed E-state index contributed by atoms with van der Waals surface area (Å²) in [6.45, 7) is 5.35. The zero-order valence-electron chi connectivity index (χ0n) is 27.8. The molecule has 0 aliphatic carbocycles. The minimum absolute atomic E-state index is 0.0899. The van der Waals surface area contributed by atoms with E-state index in [2.05, 4.69) is 26.5 Å². The number of esters is 2. The van der Waals surface area contributed by atoms with Crippen LogP contribution in [0.5, 0.6) is 0 Å². The average Bonchev–Trinajstić information content (AvgIpc) is 3.03. The molecule has 0 aromatic heterocycles. The molecule has 0 spiro atoms. The lowest BCUT2D eigenvalue weighted by Crippen LogP contribution is -2.53. The molecule has 0 heterocycles. The van der Waals surface area contributed by atoms with Gasteiger partial charge in [0.1, 0.15) is 0 Å². The van der Waals surface area contributed by atoms with Gasteiger partial charge in [-0.1, -0.05) is 96.1 Å². The van der Waals surface area contributed by atoms with E-state index in [9.17, 15) is 29.0 Å². The van der Waals surface area contributed by atoms with Crippen molar-refractivity contribution in [3.8, 4) is 0 Å². The third-order valence-electron chi connectivity index (χ3n) is 7.27. The number of nitroso groups, excluding NO2 is 2. The van der Waals surface area contributed by atoms with Crippen molar-refractivity contribution in [2.75, 3.05) is 26.2 Å². The van der Waals surface area contributed by atoms with Crippen LogP contribution in [0.4, 0.5) is 0 Å². The number of carbonyl (C=O) groups is 4. The Morgan fingerprint density at radius 1 is 0.533 bits per heavy atom. The number of unbranched alkanes of at least 4 members (excludes halogenated alkanes) is 14. The summed E-state index contributed by atoms with van der Waals surface area (Å²) in [5.74, 6) is -2.57. The lowest BCUT2D eigenvalue weighted by Gasteiger charge is -2.25. The zero-order valence-corrected chi connectivity index (χ0v) is 27.8. The Kier molecular flexibility index (Phi) is 28.7. The van der Waals surface area contributed by atoms with Crippen molar-refractivity contribution in [1.29, 1.82) is 0 Å². The van der Waals surface area contributed by atoms with Gasteiger partial charge in [-0.3, -0.25) is 24.6 Å². The highest BCUT2D eigenvalue weighted by molar-refractivity contribution is 5.93. The van der Waals surface area contributed by atoms with Crippen LogP contribution in [0, 0.1) is 9.81 Å². The monoisotopic (exact) mass is 641 g/mol. The minimum atomic E-state index is -1.58. The van der Waals surface area contributed by atoms with E-state index in [4.69, 9.17) is 9.47 Å². The maximum Gasteiger partial charge on any atom is 0.306 e. The second-order valence-corrected chi connectivity index (χ2v) is 11.4. The molecule has 13 nitrogen and oxygen atoms in total. The first kappa shape index (κ1) is 41.9. The van der Waals surface area contributed by atoms with Crippen LogP contribution in [-0.4, -0.2) is 62.1 Å². The van der Waals surface area contributed by atoms with E-state index in [0.29, 0.717) is 51.9 Å². The van der Waals surface area contributed by atoms with Crippen molar-refractivity contribution in [3.05, 3.63) is 9.81 Å². The first-order valence-corrected chi connectivity index (χ1v) is 17.2. The van der Waals surface area contributed by atoms with E-state index in [1.165, 1.54) is 0 Å². The summed E-state index contributed by atoms with van der Waals surface area (Å²) in [4.78, 5) is 71.7. The summed E-state index contributed by atoms with van der Waals surface area (Å²) < 4.78 is 11.0. The Balaban J connectivity index is 4.88. The largest absolute Gasteiger partial charge is 0.448 e. The van der Waals surface area contributed by atoms with Gasteiger partial charge >= 0.3 is 11.9 Å². The molecule has 0 bridgehead atoms. The number of nitrogens with one attached hydrogen (secondary N) is 3. The second kappa shape index (κ2) is 30.9. The predicted octanol–water partition coefficient (Wildman–Crippen LogP) is 5.92. The first-order valence-electron chi connectivity index (χ1n) is 17.2. The molecule has 0 radical (unpaired) electrons. The highest BCUT2D eigenvalue weighted by Crippen LogP contribution is 2.15. The summed E-state index contributed by atoms with van der Waals surface area (Å²) in [5.41, 5.74) is 2.41. The third kappa shape index (κ3) is 24.8. The summed E-state index contributed by atoms with van der Waals surface area (Å²) in [5, 5.41) is 10.8. The van der Waals surface area contributed by atoms with E-state index in [-0.39, 0.29) is 12.8 Å². The number of carbonyl (C=O) groups excluding carboxylic acids is 4. The molecule has 0 aliphatic rings. The number of nitrogens with zero attached hydrogens (tertiary/aromatic N) is 2. The molecule has 0 aromatic rings. The van der Waals surface area contributed by atoms with Crippen molar-refractivity contribution >= 4 is 23.8 Å². The van der Waals surface area contributed by atoms with Gasteiger partial charge in [-0.05, 0) is 38.5 Å². The highest BCUT2D eigenvalue weighted by atomic mass is 16.6. The van der Waals surface area contributed by atoms with Crippen LogP contribution in [0.15, 0.2) is 10.5 Å². The van der Waals surface area contributed by atoms with E-state index in [1.54, 1.807) is 0 Å². The zero-order chi connectivity index (χ0) is 33.4. The van der Waals surface area contributed by atoms with Gasteiger partial charge in [0, 0.05) is 37.8 Å². The Labute approximate surface area is 269 Å². The molecule has 2 amide bonds. The van der Waals surface area contributed by atoms with Gasteiger partial charge in [0.2, 0.25) is 12.2 Å². The minimum Gasteiger partial charge on any atom is -0.448 e. The summed E-state index contributed by atoms with van der Waals surface area (Å²) in [6.07, 6.45) is 13.1. The molecule has 0 rings (SSSR count). The Bertz CT molecular complexity index is 814. The predicted molar refractivity (Wildman–Crippen MR) is 174 cm³/mol. The Hall–Kier alpha value is -3.12. The van der Waals surface area contributed by atoms with Gasteiger partial charge in [0.15, 0.2) is 0 Å². The summed E-state index contributed by atoms with van der Waals surface area (Å²) >= 11 is 0. The Morgan fingerprint density at radius 2 is 0.911 bits per heavy atom. The molecule has 13 heteroatoms. The smallest absolute Gasteiger partial charge is 0.306 e. The van der Waals surface area contributed by atoms with Crippen LogP contribution in [0.25, 0.3) is 0 Å². The molecule has 0 saturated heterocycles. The van der Waals surface area contributed by atoms with Gasteiger partial charge < -0.3 is 20.1 Å². The van der Waals surface area contributed by atoms with Crippen LogP contribution in [-0.2, 0) is 28.7 Å². The molecule has 2 atom stereocenters.